The zero-order valence-electron chi connectivity index (χ0n) is 9.86. The van der Waals surface area contributed by atoms with Crippen LogP contribution in [-0.2, 0) is 12.7 Å². The lowest BCUT2D eigenvalue weighted by molar-refractivity contribution is -0.137. The summed E-state index contributed by atoms with van der Waals surface area (Å²) in [6.45, 7) is -0.0521. The van der Waals surface area contributed by atoms with Crippen molar-refractivity contribution in [1.82, 2.24) is 10.1 Å². The third kappa shape index (κ3) is 2.53. The summed E-state index contributed by atoms with van der Waals surface area (Å²) in [4.78, 5) is 3.80. The standard InChI is InChI=1S/C11H10F3N3O2/c1-18-7-4-2-3-6(11(12,13)14)9(7)10-16-8(5-15)19-17-10/h2-4H,5,15H2,1H3. The summed E-state index contributed by atoms with van der Waals surface area (Å²) in [5, 5.41) is 3.49. The summed E-state index contributed by atoms with van der Waals surface area (Å²) in [7, 11) is 1.27. The molecule has 8 heteroatoms. The molecule has 0 amide bonds. The number of ether oxygens (including phenoxy) is 1. The number of nitrogens with zero attached hydrogens (tertiary/aromatic N) is 2. The fraction of sp³-hybridized carbons (Fsp3) is 0.273. The maximum atomic E-state index is 13.0. The Balaban J connectivity index is 2.65. The Labute approximate surface area is 106 Å². The van der Waals surface area contributed by atoms with Crippen LogP contribution in [0.1, 0.15) is 11.5 Å². The van der Waals surface area contributed by atoms with Crippen LogP contribution in [0.15, 0.2) is 22.7 Å². The molecule has 1 heterocycles. The predicted octanol–water partition coefficient (Wildman–Crippen LogP) is 2.22. The van der Waals surface area contributed by atoms with Crippen LogP contribution in [0.2, 0.25) is 0 Å². The fourth-order valence-corrected chi connectivity index (χ4v) is 1.61. The lowest BCUT2D eigenvalue weighted by atomic mass is 10.1. The molecule has 2 N–H and O–H groups in total. The molecule has 0 bridgehead atoms. The molecule has 19 heavy (non-hydrogen) atoms. The van der Waals surface area contributed by atoms with E-state index in [-0.39, 0.29) is 29.6 Å². The van der Waals surface area contributed by atoms with Crippen molar-refractivity contribution >= 4 is 0 Å². The van der Waals surface area contributed by atoms with Crippen molar-refractivity contribution < 1.29 is 22.4 Å². The normalized spacial score (nSPS) is 11.6. The Morgan fingerprint density at radius 2 is 2.11 bits per heavy atom. The van der Waals surface area contributed by atoms with Crippen LogP contribution < -0.4 is 10.5 Å². The smallest absolute Gasteiger partial charge is 0.417 e. The van der Waals surface area contributed by atoms with Crippen molar-refractivity contribution in [2.75, 3.05) is 7.11 Å². The van der Waals surface area contributed by atoms with E-state index in [0.717, 1.165) is 6.07 Å². The molecular weight excluding hydrogens is 263 g/mol. The topological polar surface area (TPSA) is 74.2 Å². The summed E-state index contributed by atoms with van der Waals surface area (Å²) < 4.78 is 48.6. The minimum absolute atomic E-state index is 0.0131. The van der Waals surface area contributed by atoms with Crippen LogP contribution in [-0.4, -0.2) is 17.3 Å². The van der Waals surface area contributed by atoms with Gasteiger partial charge in [0.1, 0.15) is 5.75 Å². The van der Waals surface area contributed by atoms with Crippen molar-refractivity contribution in [2.24, 2.45) is 5.73 Å². The molecule has 0 atom stereocenters. The summed E-state index contributed by atoms with van der Waals surface area (Å²) in [5.41, 5.74) is 4.13. The van der Waals surface area contributed by atoms with E-state index in [9.17, 15) is 13.2 Å². The molecule has 5 nitrogen and oxygen atoms in total. The third-order valence-electron chi connectivity index (χ3n) is 2.42. The van der Waals surface area contributed by atoms with Gasteiger partial charge in [0.2, 0.25) is 11.7 Å². The minimum Gasteiger partial charge on any atom is -0.496 e. The molecule has 0 unspecified atom stereocenters. The molecule has 0 aliphatic heterocycles. The SMILES string of the molecule is COc1cccc(C(F)(F)F)c1-c1noc(CN)n1. The average molecular weight is 273 g/mol. The maximum Gasteiger partial charge on any atom is 0.417 e. The third-order valence-corrected chi connectivity index (χ3v) is 2.42. The molecule has 0 aliphatic rings. The van der Waals surface area contributed by atoms with Gasteiger partial charge in [0.25, 0.3) is 0 Å². The molecule has 0 radical (unpaired) electrons. The zero-order valence-corrected chi connectivity index (χ0v) is 9.86. The van der Waals surface area contributed by atoms with E-state index in [4.69, 9.17) is 15.0 Å². The summed E-state index contributed by atoms with van der Waals surface area (Å²) >= 11 is 0. The number of hydrogen-bond donors (Lipinski definition) is 1. The van der Waals surface area contributed by atoms with Crippen LogP contribution in [0.3, 0.4) is 0 Å². The van der Waals surface area contributed by atoms with E-state index in [1.54, 1.807) is 0 Å². The van der Waals surface area contributed by atoms with Crippen LogP contribution in [0.4, 0.5) is 13.2 Å². The zero-order chi connectivity index (χ0) is 14.0. The molecular formula is C11H10F3N3O2. The van der Waals surface area contributed by atoms with Crippen molar-refractivity contribution in [3.63, 3.8) is 0 Å². The highest BCUT2D eigenvalue weighted by Crippen LogP contribution is 2.40. The van der Waals surface area contributed by atoms with E-state index < -0.39 is 11.7 Å². The highest BCUT2D eigenvalue weighted by Gasteiger charge is 2.36. The minimum atomic E-state index is -4.55. The van der Waals surface area contributed by atoms with Crippen LogP contribution in [0.25, 0.3) is 11.4 Å². The second kappa shape index (κ2) is 4.88. The fourth-order valence-electron chi connectivity index (χ4n) is 1.61. The molecule has 0 spiro atoms. The lowest BCUT2D eigenvalue weighted by Gasteiger charge is -2.13. The van der Waals surface area contributed by atoms with Gasteiger partial charge in [0.15, 0.2) is 0 Å². The van der Waals surface area contributed by atoms with E-state index in [0.29, 0.717) is 0 Å². The van der Waals surface area contributed by atoms with Gasteiger partial charge in [-0.25, -0.2) is 0 Å². The van der Waals surface area contributed by atoms with Gasteiger partial charge in [0, 0.05) is 0 Å². The first-order chi connectivity index (χ1) is 8.97. The molecule has 0 aliphatic carbocycles. The number of benzene rings is 1. The van der Waals surface area contributed by atoms with Gasteiger partial charge in [-0.2, -0.15) is 18.2 Å². The Bertz CT molecular complexity index is 581. The van der Waals surface area contributed by atoms with Gasteiger partial charge in [-0.1, -0.05) is 11.2 Å². The quantitative estimate of drug-likeness (QED) is 0.928. The van der Waals surface area contributed by atoms with E-state index in [2.05, 4.69) is 10.1 Å². The Kier molecular flexibility index (Phi) is 3.43. The number of rotatable bonds is 3. The van der Waals surface area contributed by atoms with Gasteiger partial charge < -0.3 is 15.0 Å². The Morgan fingerprint density at radius 1 is 1.37 bits per heavy atom. The molecule has 0 saturated heterocycles. The number of aromatic nitrogens is 2. The molecule has 2 aromatic rings. The van der Waals surface area contributed by atoms with E-state index in [1.165, 1.54) is 19.2 Å². The Morgan fingerprint density at radius 3 is 2.63 bits per heavy atom. The van der Waals surface area contributed by atoms with Crippen molar-refractivity contribution in [1.29, 1.82) is 0 Å². The second-order valence-corrected chi connectivity index (χ2v) is 3.60. The summed E-state index contributed by atoms with van der Waals surface area (Å²) in [6.07, 6.45) is -4.55. The first kappa shape index (κ1) is 13.3. The lowest BCUT2D eigenvalue weighted by Crippen LogP contribution is -2.08. The molecule has 2 rings (SSSR count). The highest BCUT2D eigenvalue weighted by atomic mass is 19.4. The number of halogens is 3. The van der Waals surface area contributed by atoms with Crippen LogP contribution in [0, 0.1) is 0 Å². The average Bonchev–Trinajstić information content (AvgIpc) is 2.85. The van der Waals surface area contributed by atoms with Crippen molar-refractivity contribution in [3.8, 4) is 17.1 Å². The van der Waals surface area contributed by atoms with Crippen molar-refractivity contribution in [2.45, 2.75) is 12.7 Å². The Hall–Kier alpha value is -2.09. The molecule has 0 fully saturated rings. The van der Waals surface area contributed by atoms with Gasteiger partial charge in [0.05, 0.1) is 24.8 Å². The number of alkyl halides is 3. The van der Waals surface area contributed by atoms with Crippen LogP contribution >= 0.6 is 0 Å². The van der Waals surface area contributed by atoms with E-state index >= 15 is 0 Å². The van der Waals surface area contributed by atoms with Crippen LogP contribution in [0.5, 0.6) is 5.75 Å². The largest absolute Gasteiger partial charge is 0.496 e. The number of hydrogen-bond acceptors (Lipinski definition) is 5. The monoisotopic (exact) mass is 273 g/mol. The molecule has 102 valence electrons. The highest BCUT2D eigenvalue weighted by molar-refractivity contribution is 5.69. The number of methoxy groups -OCH3 is 1. The molecule has 1 aromatic carbocycles. The van der Waals surface area contributed by atoms with Gasteiger partial charge >= 0.3 is 6.18 Å². The van der Waals surface area contributed by atoms with Gasteiger partial charge in [-0.15, -0.1) is 0 Å². The van der Waals surface area contributed by atoms with Gasteiger partial charge in [-0.05, 0) is 12.1 Å². The summed E-state index contributed by atoms with van der Waals surface area (Å²) in [6, 6.07) is 3.56. The van der Waals surface area contributed by atoms with E-state index in [1.807, 2.05) is 0 Å². The first-order valence-corrected chi connectivity index (χ1v) is 5.24. The predicted molar refractivity (Wildman–Crippen MR) is 59.2 cm³/mol. The van der Waals surface area contributed by atoms with Gasteiger partial charge in [-0.3, -0.25) is 0 Å². The van der Waals surface area contributed by atoms with Crippen molar-refractivity contribution in [3.05, 3.63) is 29.7 Å². The molecule has 1 aromatic heterocycles. The summed E-state index contributed by atoms with van der Waals surface area (Å²) in [5.74, 6) is -0.140. The first-order valence-electron chi connectivity index (χ1n) is 5.24. The number of nitrogens with two attached hydrogens (primary N) is 1. The molecule has 0 saturated carbocycles. The second-order valence-electron chi connectivity index (χ2n) is 3.60. The maximum absolute atomic E-state index is 13.0.